The zero-order chi connectivity index (χ0) is 13.5. The molecule has 19 heavy (non-hydrogen) atoms. The molecule has 2 aromatic carbocycles. The lowest BCUT2D eigenvalue weighted by molar-refractivity contribution is 1.36. The van der Waals surface area contributed by atoms with E-state index in [9.17, 15) is 0 Å². The van der Waals surface area contributed by atoms with Crippen LogP contribution in [0.1, 0.15) is 0 Å². The van der Waals surface area contributed by atoms with E-state index in [-0.39, 0.29) is 0 Å². The first-order valence-corrected chi connectivity index (χ1v) is 8.55. The Balaban J connectivity index is 2.29. The minimum atomic E-state index is 0.738. The minimum absolute atomic E-state index is 0.738. The molecule has 0 bridgehead atoms. The van der Waals surface area contributed by atoms with E-state index in [0.717, 1.165) is 43.1 Å². The fraction of sp³-hybridized carbons (Fsp3) is 0. The molecule has 2 aromatic rings. The summed E-state index contributed by atoms with van der Waals surface area (Å²) in [7, 11) is 13.7. The summed E-state index contributed by atoms with van der Waals surface area (Å²) in [4.78, 5) is 10.1. The molecule has 0 atom stereocenters. The lowest BCUT2D eigenvalue weighted by Gasteiger charge is -1.98. The Morgan fingerprint density at radius 2 is 1.16 bits per heavy atom. The topological polar surface area (TPSA) is 24.7 Å². The fourth-order valence-electron chi connectivity index (χ4n) is 1.36. The Morgan fingerprint density at radius 3 is 1.58 bits per heavy atom. The van der Waals surface area contributed by atoms with Crippen LogP contribution in [0, 0.1) is 0 Å². The molecule has 0 heterocycles. The summed E-state index contributed by atoms with van der Waals surface area (Å²) in [6, 6.07) is 17.7. The van der Waals surface area contributed by atoms with Gasteiger partial charge in [0.2, 0.25) is 0 Å². The van der Waals surface area contributed by atoms with Gasteiger partial charge in [-0.1, -0.05) is 24.3 Å². The van der Waals surface area contributed by atoms with Crippen molar-refractivity contribution in [1.82, 2.24) is 0 Å². The molecule has 2 nitrogen and oxygen atoms in total. The van der Waals surface area contributed by atoms with E-state index in [1.54, 1.807) is 0 Å². The van der Waals surface area contributed by atoms with E-state index in [0.29, 0.717) is 0 Å². The van der Waals surface area contributed by atoms with Crippen LogP contribution in [0.4, 0.5) is 11.4 Å². The van der Waals surface area contributed by atoms with Gasteiger partial charge < -0.3 is 0 Å². The van der Waals surface area contributed by atoms with Crippen LogP contribution in [0.3, 0.4) is 0 Å². The monoisotopic (exact) mass is 326 g/mol. The molecule has 0 aliphatic rings. The van der Waals surface area contributed by atoms with Crippen LogP contribution in [0.5, 0.6) is 0 Å². The van der Waals surface area contributed by atoms with Gasteiger partial charge >= 0.3 is 0 Å². The summed E-state index contributed by atoms with van der Waals surface area (Å²) >= 11 is 0. The molecule has 0 spiro atoms. The minimum Gasteiger partial charge on any atom is -0.186 e. The second-order valence-electron chi connectivity index (χ2n) is 3.41. The second-order valence-corrected chi connectivity index (χ2v) is 5.53. The van der Waals surface area contributed by atoms with Crippen LogP contribution in [0.25, 0.3) is 0 Å². The van der Waals surface area contributed by atoms with E-state index >= 15 is 0 Å². The van der Waals surface area contributed by atoms with Gasteiger partial charge in [0.1, 0.15) is 6.01 Å². The summed E-state index contributed by atoms with van der Waals surface area (Å²) in [5.74, 6) is 0. The number of nitrogens with zero attached hydrogens (tertiary/aromatic N) is 2. The zero-order valence-corrected chi connectivity index (χ0v) is 12.7. The number of para-hydroxylation sites is 2. The first kappa shape index (κ1) is 14.5. The van der Waals surface area contributed by atoms with Gasteiger partial charge in [-0.2, -0.15) is 9.98 Å². The molecule has 0 saturated heterocycles. The highest BCUT2D eigenvalue weighted by Crippen LogP contribution is 2.32. The van der Waals surface area contributed by atoms with Crippen LogP contribution in [0.2, 0.25) is 0 Å². The van der Waals surface area contributed by atoms with Crippen molar-refractivity contribution < 1.29 is 0 Å². The molecule has 0 aromatic heterocycles. The van der Waals surface area contributed by atoms with Crippen molar-refractivity contribution in [3.8, 4) is 0 Å². The molecule has 0 aliphatic heterocycles. The molecule has 0 unspecified atom stereocenters. The van der Waals surface area contributed by atoms with E-state index < -0.39 is 0 Å². The standard InChI is InChI=1S/C13H8Cl2N2S2/c14-18-12-7-3-1-5-10(12)16-9-17-11-6-2-4-8-13(11)19-15/h1-8H. The van der Waals surface area contributed by atoms with Gasteiger partial charge in [0.25, 0.3) is 0 Å². The van der Waals surface area contributed by atoms with E-state index in [2.05, 4.69) is 16.0 Å². The van der Waals surface area contributed by atoms with Crippen LogP contribution in [-0.2, 0) is 0 Å². The van der Waals surface area contributed by atoms with Crippen molar-refractivity contribution in [3.63, 3.8) is 0 Å². The Morgan fingerprint density at radius 1 is 0.737 bits per heavy atom. The molecular formula is C13H8Cl2N2S2. The smallest absolute Gasteiger partial charge is 0.101 e. The van der Waals surface area contributed by atoms with Gasteiger partial charge in [-0.15, -0.1) is 0 Å². The number of hydrogen-bond acceptors (Lipinski definition) is 4. The van der Waals surface area contributed by atoms with Crippen molar-refractivity contribution in [2.24, 2.45) is 9.98 Å². The molecule has 0 saturated carbocycles. The maximum Gasteiger partial charge on any atom is 0.101 e. The van der Waals surface area contributed by atoms with Crippen LogP contribution in [0.15, 0.2) is 68.3 Å². The van der Waals surface area contributed by atoms with Gasteiger partial charge in [0, 0.05) is 9.79 Å². The van der Waals surface area contributed by atoms with Crippen LogP contribution >= 0.6 is 43.3 Å². The summed E-state index contributed by atoms with van der Waals surface area (Å²) in [5, 5.41) is 0. The lowest BCUT2D eigenvalue weighted by atomic mass is 10.3. The zero-order valence-electron chi connectivity index (χ0n) is 9.59. The molecule has 0 N–H and O–H groups in total. The number of halogens is 2. The Bertz CT molecular complexity index is 574. The summed E-state index contributed by atoms with van der Waals surface area (Å²) in [6.07, 6.45) is 0. The Hall–Kier alpha value is -0.900. The number of benzene rings is 2. The molecule has 6 heteroatoms. The average Bonchev–Trinajstić information content (AvgIpc) is 2.48. The van der Waals surface area contributed by atoms with E-state index in [4.69, 9.17) is 21.4 Å². The van der Waals surface area contributed by atoms with Gasteiger partial charge in [-0.3, -0.25) is 0 Å². The first-order valence-electron chi connectivity index (χ1n) is 5.27. The fourth-order valence-corrected chi connectivity index (χ4v) is 2.79. The van der Waals surface area contributed by atoms with Crippen molar-refractivity contribution in [2.45, 2.75) is 9.79 Å². The molecule has 0 amide bonds. The van der Waals surface area contributed by atoms with E-state index in [1.807, 2.05) is 48.5 Å². The van der Waals surface area contributed by atoms with Crippen molar-refractivity contribution in [3.05, 3.63) is 48.5 Å². The van der Waals surface area contributed by atoms with Gasteiger partial charge in [-0.05, 0) is 67.6 Å². The number of rotatable bonds is 4. The second kappa shape index (κ2) is 7.63. The maximum atomic E-state index is 5.75. The predicted octanol–water partition coefficient (Wildman–Crippen LogP) is 6.32. The van der Waals surface area contributed by atoms with Crippen LogP contribution in [-0.4, -0.2) is 6.01 Å². The van der Waals surface area contributed by atoms with Crippen molar-refractivity contribution in [2.75, 3.05) is 0 Å². The first-order chi connectivity index (χ1) is 9.35. The predicted molar refractivity (Wildman–Crippen MR) is 85.5 cm³/mol. The summed E-state index contributed by atoms with van der Waals surface area (Å²) in [6.45, 7) is 0. The number of hydrogen-bond donors (Lipinski definition) is 0. The van der Waals surface area contributed by atoms with Gasteiger partial charge in [0.15, 0.2) is 0 Å². The Kier molecular flexibility index (Phi) is 5.83. The average molecular weight is 327 g/mol. The highest BCUT2D eigenvalue weighted by Gasteiger charge is 1.99. The van der Waals surface area contributed by atoms with Crippen molar-refractivity contribution >= 4 is 60.7 Å². The quantitative estimate of drug-likeness (QED) is 0.614. The molecular weight excluding hydrogens is 319 g/mol. The SMILES string of the molecule is ClSc1ccccc1N=C=Nc1ccccc1SCl. The maximum absolute atomic E-state index is 5.75. The summed E-state index contributed by atoms with van der Waals surface area (Å²) in [5.41, 5.74) is 1.48. The van der Waals surface area contributed by atoms with Gasteiger partial charge in [0.05, 0.1) is 11.4 Å². The molecule has 2 rings (SSSR count). The van der Waals surface area contributed by atoms with Crippen LogP contribution < -0.4 is 0 Å². The third-order valence-electron chi connectivity index (χ3n) is 2.24. The normalized spacial score (nSPS) is 9.79. The third-order valence-corrected chi connectivity index (χ3v) is 4.26. The lowest BCUT2D eigenvalue weighted by Crippen LogP contribution is -1.71. The molecule has 0 radical (unpaired) electrons. The Labute approximate surface area is 129 Å². The van der Waals surface area contributed by atoms with Crippen molar-refractivity contribution in [1.29, 1.82) is 0 Å². The highest BCUT2D eigenvalue weighted by atomic mass is 35.7. The molecule has 0 fully saturated rings. The highest BCUT2D eigenvalue weighted by molar-refractivity contribution is 8.21. The van der Waals surface area contributed by atoms with Gasteiger partial charge in [-0.25, -0.2) is 0 Å². The molecule has 96 valence electrons. The van der Waals surface area contributed by atoms with E-state index in [1.165, 1.54) is 0 Å². The summed E-state index contributed by atoms with van der Waals surface area (Å²) < 4.78 is 0. The number of aliphatic imine (C=N–C) groups is 2. The largest absolute Gasteiger partial charge is 0.186 e. The molecule has 0 aliphatic carbocycles. The third kappa shape index (κ3) is 4.03.